The molecule has 2 rings (SSSR count). The molecule has 2 heterocycles. The summed E-state index contributed by atoms with van der Waals surface area (Å²) in [7, 11) is 1.89. The monoisotopic (exact) mass is 437 g/mol. The summed E-state index contributed by atoms with van der Waals surface area (Å²) < 4.78 is 0. The molecule has 0 atom stereocenters. The van der Waals surface area contributed by atoms with Gasteiger partial charge in [0, 0.05) is 63.8 Å². The molecule has 5 nitrogen and oxygen atoms in total. The molecule has 2 aliphatic rings. The van der Waals surface area contributed by atoms with E-state index in [0.717, 1.165) is 25.6 Å². The number of hydrogen-bond donors (Lipinski definition) is 1. The second kappa shape index (κ2) is 8.34. The van der Waals surface area contributed by atoms with Gasteiger partial charge in [-0.1, -0.05) is 20.8 Å². The summed E-state index contributed by atoms with van der Waals surface area (Å²) in [5.41, 5.74) is 0.517. The average molecular weight is 437 g/mol. The van der Waals surface area contributed by atoms with Crippen molar-refractivity contribution in [3.05, 3.63) is 0 Å². The maximum absolute atomic E-state index is 4.48. The molecule has 0 saturated carbocycles. The fourth-order valence-corrected chi connectivity index (χ4v) is 3.35. The summed E-state index contributed by atoms with van der Waals surface area (Å²) in [6.07, 6.45) is 0. The van der Waals surface area contributed by atoms with Crippen molar-refractivity contribution in [2.45, 2.75) is 40.2 Å². The van der Waals surface area contributed by atoms with Crippen molar-refractivity contribution in [3.8, 4) is 0 Å². The number of rotatable bonds is 4. The van der Waals surface area contributed by atoms with E-state index in [9.17, 15) is 0 Å². The van der Waals surface area contributed by atoms with Crippen molar-refractivity contribution in [1.82, 2.24) is 20.0 Å². The van der Waals surface area contributed by atoms with E-state index in [1.54, 1.807) is 0 Å². The summed E-state index contributed by atoms with van der Waals surface area (Å²) in [6, 6.07) is 0. The van der Waals surface area contributed by atoms with Gasteiger partial charge in [0.2, 0.25) is 0 Å². The Labute approximate surface area is 159 Å². The molecule has 0 aromatic heterocycles. The molecular weight excluding hydrogens is 401 g/mol. The zero-order chi connectivity index (χ0) is 16.4. The first kappa shape index (κ1) is 21.0. The second-order valence-electron chi connectivity index (χ2n) is 7.78. The highest BCUT2D eigenvalue weighted by Crippen LogP contribution is 2.46. The topological polar surface area (TPSA) is 34.1 Å². The molecular formula is C17H36IN5. The first-order chi connectivity index (χ1) is 10.3. The Morgan fingerprint density at radius 2 is 1.61 bits per heavy atom. The van der Waals surface area contributed by atoms with Crippen LogP contribution in [0.5, 0.6) is 0 Å². The van der Waals surface area contributed by atoms with Crippen LogP contribution in [0, 0.1) is 5.41 Å². The van der Waals surface area contributed by atoms with E-state index in [2.05, 4.69) is 59.6 Å². The van der Waals surface area contributed by atoms with Crippen molar-refractivity contribution in [1.29, 1.82) is 0 Å². The molecule has 2 aliphatic heterocycles. The fourth-order valence-electron chi connectivity index (χ4n) is 3.35. The highest BCUT2D eigenvalue weighted by Gasteiger charge is 2.53. The Hall–Kier alpha value is -0.0800. The Morgan fingerprint density at radius 3 is 2.04 bits per heavy atom. The van der Waals surface area contributed by atoms with Crippen LogP contribution < -0.4 is 5.32 Å². The highest BCUT2D eigenvalue weighted by atomic mass is 127. The summed E-state index contributed by atoms with van der Waals surface area (Å²) in [5.74, 6) is 1.05. The minimum absolute atomic E-state index is 0. The fraction of sp³-hybridized carbons (Fsp3) is 0.941. The SMILES string of the molecule is CCN1CCN(CCNC(=NC)N2CC(C)(C)C2(C)C)CC1.I. The third-order valence-corrected chi connectivity index (χ3v) is 5.98. The number of guanidine groups is 1. The Bertz CT molecular complexity index is 400. The molecule has 0 amide bonds. The molecule has 0 aliphatic carbocycles. The number of nitrogens with zero attached hydrogens (tertiary/aromatic N) is 4. The molecule has 2 saturated heterocycles. The van der Waals surface area contributed by atoms with Crippen molar-refractivity contribution < 1.29 is 0 Å². The zero-order valence-electron chi connectivity index (χ0n) is 15.9. The molecule has 23 heavy (non-hydrogen) atoms. The first-order valence-corrected chi connectivity index (χ1v) is 8.75. The Morgan fingerprint density at radius 1 is 1.04 bits per heavy atom. The smallest absolute Gasteiger partial charge is 0.194 e. The van der Waals surface area contributed by atoms with Gasteiger partial charge in [0.1, 0.15) is 0 Å². The van der Waals surface area contributed by atoms with Crippen LogP contribution in [0.3, 0.4) is 0 Å². The molecule has 6 heteroatoms. The van der Waals surface area contributed by atoms with Gasteiger partial charge in [-0.2, -0.15) is 0 Å². The quantitative estimate of drug-likeness (QED) is 0.414. The molecule has 0 aromatic rings. The first-order valence-electron chi connectivity index (χ1n) is 8.75. The van der Waals surface area contributed by atoms with Crippen LogP contribution in [0.4, 0.5) is 0 Å². The molecule has 1 N–H and O–H groups in total. The van der Waals surface area contributed by atoms with Gasteiger partial charge in [-0.25, -0.2) is 0 Å². The zero-order valence-corrected chi connectivity index (χ0v) is 18.2. The molecule has 0 spiro atoms. The van der Waals surface area contributed by atoms with E-state index in [1.807, 2.05) is 7.05 Å². The van der Waals surface area contributed by atoms with Gasteiger partial charge in [0.05, 0.1) is 0 Å². The number of piperazine rings is 1. The third kappa shape index (κ3) is 4.51. The lowest BCUT2D eigenvalue weighted by Gasteiger charge is -2.62. The van der Waals surface area contributed by atoms with Gasteiger partial charge < -0.3 is 15.1 Å². The van der Waals surface area contributed by atoms with E-state index in [-0.39, 0.29) is 29.5 Å². The minimum Gasteiger partial charge on any atom is -0.355 e. The summed E-state index contributed by atoms with van der Waals surface area (Å²) >= 11 is 0. The van der Waals surface area contributed by atoms with Crippen LogP contribution in [0.2, 0.25) is 0 Å². The molecule has 0 radical (unpaired) electrons. The highest BCUT2D eigenvalue weighted by molar-refractivity contribution is 14.0. The van der Waals surface area contributed by atoms with E-state index in [0.29, 0.717) is 5.41 Å². The van der Waals surface area contributed by atoms with E-state index >= 15 is 0 Å². The van der Waals surface area contributed by atoms with Gasteiger partial charge in [-0.15, -0.1) is 24.0 Å². The van der Waals surface area contributed by atoms with Crippen LogP contribution in [0.25, 0.3) is 0 Å². The van der Waals surface area contributed by atoms with Gasteiger partial charge >= 0.3 is 0 Å². The predicted molar refractivity (Wildman–Crippen MR) is 110 cm³/mol. The van der Waals surface area contributed by atoms with E-state index in [4.69, 9.17) is 0 Å². The second-order valence-corrected chi connectivity index (χ2v) is 7.78. The van der Waals surface area contributed by atoms with Crippen LogP contribution in [-0.4, -0.2) is 85.6 Å². The molecule has 2 fully saturated rings. The number of nitrogens with one attached hydrogen (secondary N) is 1. The molecule has 0 unspecified atom stereocenters. The van der Waals surface area contributed by atoms with E-state index in [1.165, 1.54) is 32.7 Å². The van der Waals surface area contributed by atoms with Gasteiger partial charge in [0.15, 0.2) is 5.96 Å². The lowest BCUT2D eigenvalue weighted by molar-refractivity contribution is -0.0667. The lowest BCUT2D eigenvalue weighted by atomic mass is 9.65. The molecule has 136 valence electrons. The minimum atomic E-state index is 0. The van der Waals surface area contributed by atoms with Gasteiger partial charge in [0.25, 0.3) is 0 Å². The molecule has 0 bridgehead atoms. The summed E-state index contributed by atoms with van der Waals surface area (Å²) in [5, 5.41) is 3.56. The number of hydrogen-bond acceptors (Lipinski definition) is 3. The van der Waals surface area contributed by atoms with Crippen molar-refractivity contribution in [2.75, 3.05) is 59.4 Å². The van der Waals surface area contributed by atoms with E-state index < -0.39 is 0 Å². The van der Waals surface area contributed by atoms with Crippen LogP contribution in [0.15, 0.2) is 4.99 Å². The maximum atomic E-state index is 4.48. The van der Waals surface area contributed by atoms with Crippen molar-refractivity contribution >= 4 is 29.9 Å². The Kier molecular flexibility index (Phi) is 7.60. The Balaban J connectivity index is 0.00000264. The third-order valence-electron chi connectivity index (χ3n) is 5.98. The summed E-state index contributed by atoms with van der Waals surface area (Å²) in [4.78, 5) is 12.0. The maximum Gasteiger partial charge on any atom is 0.194 e. The average Bonchev–Trinajstić information content (AvgIpc) is 2.50. The normalized spacial score (nSPS) is 24.8. The number of likely N-dealkylation sites (N-methyl/N-ethyl adjacent to an activating group) is 1. The number of likely N-dealkylation sites (tertiary alicyclic amines) is 1. The molecule has 0 aromatic carbocycles. The van der Waals surface area contributed by atoms with Crippen molar-refractivity contribution in [2.24, 2.45) is 10.4 Å². The lowest BCUT2D eigenvalue weighted by Crippen LogP contribution is -2.72. The van der Waals surface area contributed by atoms with Gasteiger partial charge in [-0.05, 0) is 20.4 Å². The number of aliphatic imine (C=N–C) groups is 1. The predicted octanol–water partition coefficient (Wildman–Crippen LogP) is 1.94. The largest absolute Gasteiger partial charge is 0.355 e. The van der Waals surface area contributed by atoms with Gasteiger partial charge in [-0.3, -0.25) is 9.89 Å². The summed E-state index contributed by atoms with van der Waals surface area (Å²) in [6.45, 7) is 20.7. The van der Waals surface area contributed by atoms with Crippen LogP contribution in [0.1, 0.15) is 34.6 Å². The number of halogens is 1. The van der Waals surface area contributed by atoms with Crippen molar-refractivity contribution in [3.63, 3.8) is 0 Å². The van der Waals surface area contributed by atoms with Crippen LogP contribution >= 0.6 is 24.0 Å². The van der Waals surface area contributed by atoms with Crippen LogP contribution in [-0.2, 0) is 0 Å². The standard InChI is InChI=1S/C17H35N5.HI/c1-7-20-10-12-21(13-11-20)9-8-19-15(18-6)22-14-16(2,3)17(22,4)5;/h7-14H2,1-6H3,(H,18,19);1H.